The molecule has 2 aromatic carbocycles. The number of amides is 4. The molecule has 0 radical (unpaired) electrons. The predicted molar refractivity (Wildman–Crippen MR) is 115 cm³/mol. The minimum Gasteiger partial charge on any atom is -0.466 e. The van der Waals surface area contributed by atoms with Crippen LogP contribution >= 0.6 is 0 Å². The molecule has 7 heteroatoms. The molecule has 0 saturated carbocycles. The average Bonchev–Trinajstić information content (AvgIpc) is 3.37. The maximum absolute atomic E-state index is 13.3. The van der Waals surface area contributed by atoms with Crippen LogP contribution in [0.5, 0.6) is 0 Å². The van der Waals surface area contributed by atoms with E-state index >= 15 is 0 Å². The zero-order valence-corrected chi connectivity index (χ0v) is 17.4. The van der Waals surface area contributed by atoms with Crippen LogP contribution in [0.3, 0.4) is 0 Å². The van der Waals surface area contributed by atoms with E-state index in [4.69, 9.17) is 4.42 Å². The first-order valence-electron chi connectivity index (χ1n) is 9.97. The molecule has 7 nitrogen and oxygen atoms in total. The Bertz CT molecular complexity index is 1110. The molecular weight excluding hydrogens is 394 g/mol. The highest BCUT2D eigenvalue weighted by atomic mass is 16.3. The number of imide groups is 1. The monoisotopic (exact) mass is 417 g/mol. The lowest BCUT2D eigenvalue weighted by molar-refractivity contribution is -0.134. The molecule has 158 valence electrons. The van der Waals surface area contributed by atoms with E-state index in [0.717, 1.165) is 16.0 Å². The molecule has 4 amide bonds. The molecule has 0 aliphatic carbocycles. The summed E-state index contributed by atoms with van der Waals surface area (Å²) < 4.78 is 5.34. The average molecular weight is 417 g/mol. The van der Waals surface area contributed by atoms with Gasteiger partial charge in [0.05, 0.1) is 12.8 Å². The molecule has 1 atom stereocenters. The van der Waals surface area contributed by atoms with Crippen molar-refractivity contribution < 1.29 is 18.8 Å². The summed E-state index contributed by atoms with van der Waals surface area (Å²) in [4.78, 5) is 41.5. The van der Waals surface area contributed by atoms with Crippen LogP contribution in [0, 0.1) is 6.92 Å². The molecule has 1 saturated heterocycles. The Morgan fingerprint density at radius 3 is 2.52 bits per heavy atom. The van der Waals surface area contributed by atoms with Crippen molar-refractivity contribution in [1.82, 2.24) is 10.2 Å². The van der Waals surface area contributed by atoms with Crippen LogP contribution in [0.25, 0.3) is 0 Å². The van der Waals surface area contributed by atoms with E-state index in [-0.39, 0.29) is 12.5 Å². The SMILES string of the molecule is Cc1cccc(N(Cc2ccccc2)C(=O)CN2C(=O)NC(C)(c3ccco3)C2=O)c1. The molecule has 3 aromatic rings. The van der Waals surface area contributed by atoms with E-state index in [2.05, 4.69) is 5.32 Å². The van der Waals surface area contributed by atoms with Gasteiger partial charge in [-0.25, -0.2) is 4.79 Å². The smallest absolute Gasteiger partial charge is 0.325 e. The molecule has 1 fully saturated rings. The van der Waals surface area contributed by atoms with Crippen LogP contribution in [0.2, 0.25) is 0 Å². The van der Waals surface area contributed by atoms with Gasteiger partial charge >= 0.3 is 6.03 Å². The lowest BCUT2D eigenvalue weighted by Gasteiger charge is -2.25. The minimum absolute atomic E-state index is 0.320. The molecule has 31 heavy (non-hydrogen) atoms. The summed E-state index contributed by atoms with van der Waals surface area (Å²) in [6.07, 6.45) is 1.44. The predicted octanol–water partition coefficient (Wildman–Crippen LogP) is 3.59. The maximum Gasteiger partial charge on any atom is 0.325 e. The van der Waals surface area contributed by atoms with Gasteiger partial charge in [0.2, 0.25) is 5.91 Å². The third kappa shape index (κ3) is 3.94. The number of furan rings is 1. The summed E-state index contributed by atoms with van der Waals surface area (Å²) in [5.74, 6) is -0.563. The number of rotatable bonds is 6. The van der Waals surface area contributed by atoms with Gasteiger partial charge in [0.1, 0.15) is 12.3 Å². The third-order valence-corrected chi connectivity index (χ3v) is 5.38. The van der Waals surface area contributed by atoms with Gasteiger partial charge in [0.15, 0.2) is 5.54 Å². The zero-order valence-electron chi connectivity index (χ0n) is 17.4. The Balaban J connectivity index is 1.60. The normalized spacial score (nSPS) is 18.2. The summed E-state index contributed by atoms with van der Waals surface area (Å²) in [5, 5.41) is 2.65. The first kappa shape index (κ1) is 20.4. The first-order chi connectivity index (χ1) is 14.9. The largest absolute Gasteiger partial charge is 0.466 e. The molecule has 0 spiro atoms. The van der Waals surface area contributed by atoms with E-state index in [1.165, 1.54) is 6.26 Å². The van der Waals surface area contributed by atoms with E-state index < -0.39 is 17.5 Å². The third-order valence-electron chi connectivity index (χ3n) is 5.38. The van der Waals surface area contributed by atoms with Crippen molar-refractivity contribution in [2.75, 3.05) is 11.4 Å². The van der Waals surface area contributed by atoms with E-state index in [1.807, 2.05) is 61.5 Å². The lowest BCUT2D eigenvalue weighted by Crippen LogP contribution is -2.44. The highest BCUT2D eigenvalue weighted by Crippen LogP contribution is 2.29. The Morgan fingerprint density at radius 2 is 1.84 bits per heavy atom. The highest BCUT2D eigenvalue weighted by Gasteiger charge is 2.51. The van der Waals surface area contributed by atoms with Gasteiger partial charge in [-0.3, -0.25) is 14.5 Å². The van der Waals surface area contributed by atoms with Crippen LogP contribution in [-0.4, -0.2) is 29.3 Å². The van der Waals surface area contributed by atoms with Crippen LogP contribution in [0.4, 0.5) is 10.5 Å². The number of urea groups is 1. The lowest BCUT2D eigenvalue weighted by atomic mass is 9.99. The number of benzene rings is 2. The number of carbonyl (C=O) groups excluding carboxylic acids is 3. The number of hydrogen-bond donors (Lipinski definition) is 1. The Hall–Kier alpha value is -3.87. The van der Waals surface area contributed by atoms with Crippen molar-refractivity contribution in [3.63, 3.8) is 0 Å². The number of anilines is 1. The number of nitrogens with one attached hydrogen (secondary N) is 1. The molecule has 1 aliphatic heterocycles. The minimum atomic E-state index is -1.34. The maximum atomic E-state index is 13.3. The Kier molecular flexibility index (Phi) is 5.33. The van der Waals surface area contributed by atoms with Crippen molar-refractivity contribution >= 4 is 23.5 Å². The summed E-state index contributed by atoms with van der Waals surface area (Å²) in [7, 11) is 0. The molecule has 0 bridgehead atoms. The Morgan fingerprint density at radius 1 is 1.06 bits per heavy atom. The van der Waals surface area contributed by atoms with Gasteiger partial charge in [0.25, 0.3) is 5.91 Å². The number of hydrogen-bond acceptors (Lipinski definition) is 4. The van der Waals surface area contributed by atoms with Crippen molar-refractivity contribution in [2.24, 2.45) is 0 Å². The standard InChI is InChI=1S/C24H23N3O4/c1-17-8-6-11-19(14-17)26(15-18-9-4-3-5-10-18)21(28)16-27-22(29)24(2,25-23(27)30)20-12-7-13-31-20/h3-14H,15-16H2,1-2H3,(H,25,30). The van der Waals surface area contributed by atoms with Gasteiger partial charge in [-0.15, -0.1) is 0 Å². The molecule has 2 heterocycles. The van der Waals surface area contributed by atoms with Crippen LogP contribution in [-0.2, 0) is 21.7 Å². The fraction of sp³-hybridized carbons (Fsp3) is 0.208. The van der Waals surface area contributed by atoms with E-state index in [9.17, 15) is 14.4 Å². The zero-order chi connectivity index (χ0) is 22.0. The quantitative estimate of drug-likeness (QED) is 0.622. The van der Waals surface area contributed by atoms with Crippen LogP contribution in [0.15, 0.2) is 77.4 Å². The molecular formula is C24H23N3O4. The summed E-state index contributed by atoms with van der Waals surface area (Å²) in [6, 6.07) is 19.8. The van der Waals surface area contributed by atoms with Crippen LogP contribution in [0.1, 0.15) is 23.8 Å². The second-order valence-electron chi connectivity index (χ2n) is 7.73. The van der Waals surface area contributed by atoms with Gasteiger partial charge in [0, 0.05) is 5.69 Å². The fourth-order valence-corrected chi connectivity index (χ4v) is 3.68. The second kappa shape index (κ2) is 8.10. The molecule has 1 unspecified atom stereocenters. The molecule has 1 N–H and O–H groups in total. The molecule has 1 aromatic heterocycles. The molecule has 1 aliphatic rings. The van der Waals surface area contributed by atoms with Crippen molar-refractivity contribution in [1.29, 1.82) is 0 Å². The first-order valence-corrected chi connectivity index (χ1v) is 9.97. The number of aryl methyl sites for hydroxylation is 1. The summed E-state index contributed by atoms with van der Waals surface area (Å²) in [5.41, 5.74) is 1.31. The van der Waals surface area contributed by atoms with Crippen molar-refractivity contribution in [3.05, 3.63) is 89.9 Å². The molecule has 4 rings (SSSR count). The van der Waals surface area contributed by atoms with Gasteiger partial charge < -0.3 is 14.6 Å². The van der Waals surface area contributed by atoms with Crippen molar-refractivity contribution in [3.8, 4) is 0 Å². The van der Waals surface area contributed by atoms with Crippen LogP contribution < -0.4 is 10.2 Å². The fourth-order valence-electron chi connectivity index (χ4n) is 3.68. The highest BCUT2D eigenvalue weighted by molar-refractivity contribution is 6.10. The number of carbonyl (C=O) groups is 3. The topological polar surface area (TPSA) is 82.9 Å². The van der Waals surface area contributed by atoms with Crippen molar-refractivity contribution in [2.45, 2.75) is 25.9 Å². The van der Waals surface area contributed by atoms with Gasteiger partial charge in [-0.2, -0.15) is 0 Å². The second-order valence-corrected chi connectivity index (χ2v) is 7.73. The van der Waals surface area contributed by atoms with Gasteiger partial charge in [-0.05, 0) is 49.2 Å². The summed E-state index contributed by atoms with van der Waals surface area (Å²) >= 11 is 0. The summed E-state index contributed by atoms with van der Waals surface area (Å²) in [6.45, 7) is 3.46. The van der Waals surface area contributed by atoms with Gasteiger partial charge in [-0.1, -0.05) is 42.5 Å². The Labute approximate surface area is 180 Å². The van der Waals surface area contributed by atoms with E-state index in [0.29, 0.717) is 18.0 Å². The van der Waals surface area contributed by atoms with E-state index in [1.54, 1.807) is 24.0 Å². The number of nitrogens with zero attached hydrogens (tertiary/aromatic N) is 2.